The SMILES string of the molecule is COC(=O)c1ncc(C#N)c(OC)c1C(F)F. The van der Waals surface area contributed by atoms with Crippen molar-refractivity contribution in [3.8, 4) is 11.8 Å². The van der Waals surface area contributed by atoms with Gasteiger partial charge < -0.3 is 9.47 Å². The maximum absolute atomic E-state index is 12.9. The van der Waals surface area contributed by atoms with Gasteiger partial charge in [0.2, 0.25) is 0 Å². The standard InChI is InChI=1S/C10H8F2N2O3/c1-16-8-5(3-13)4-14-7(10(15)17-2)6(8)9(11)12/h4,9H,1-2H3. The number of aromatic nitrogens is 1. The van der Waals surface area contributed by atoms with E-state index >= 15 is 0 Å². The molecule has 7 heteroatoms. The Labute approximate surface area is 95.6 Å². The van der Waals surface area contributed by atoms with Gasteiger partial charge in [0, 0.05) is 6.20 Å². The van der Waals surface area contributed by atoms with Crippen LogP contribution in [0.15, 0.2) is 6.20 Å². The summed E-state index contributed by atoms with van der Waals surface area (Å²) in [7, 11) is 2.17. The Morgan fingerprint density at radius 3 is 2.59 bits per heavy atom. The number of methoxy groups -OCH3 is 2. The molecule has 1 rings (SSSR count). The third-order valence-electron chi connectivity index (χ3n) is 1.99. The fraction of sp³-hybridized carbons (Fsp3) is 0.300. The minimum absolute atomic E-state index is 0.171. The molecule has 0 N–H and O–H groups in total. The highest BCUT2D eigenvalue weighted by Crippen LogP contribution is 2.33. The van der Waals surface area contributed by atoms with Gasteiger partial charge in [0.05, 0.1) is 19.8 Å². The predicted octanol–water partition coefficient (Wildman–Crippen LogP) is 1.69. The molecule has 0 radical (unpaired) electrons. The second kappa shape index (κ2) is 5.21. The van der Waals surface area contributed by atoms with E-state index in [0.29, 0.717) is 0 Å². The normalized spacial score (nSPS) is 9.88. The molecule has 5 nitrogen and oxygen atoms in total. The minimum Gasteiger partial charge on any atom is -0.495 e. The zero-order chi connectivity index (χ0) is 13.0. The molecule has 0 aliphatic rings. The average Bonchev–Trinajstić information content (AvgIpc) is 2.35. The van der Waals surface area contributed by atoms with Gasteiger partial charge in [-0.25, -0.2) is 18.6 Å². The zero-order valence-corrected chi connectivity index (χ0v) is 9.03. The average molecular weight is 242 g/mol. The highest BCUT2D eigenvalue weighted by Gasteiger charge is 2.27. The van der Waals surface area contributed by atoms with Gasteiger partial charge in [0.1, 0.15) is 17.4 Å². The molecule has 0 bridgehead atoms. The first-order valence-electron chi connectivity index (χ1n) is 4.40. The number of nitrogens with zero attached hydrogens (tertiary/aromatic N) is 2. The van der Waals surface area contributed by atoms with Crippen LogP contribution in [0.25, 0.3) is 0 Å². The number of nitriles is 1. The summed E-state index contributed by atoms with van der Waals surface area (Å²) in [5.74, 6) is -1.37. The Hall–Kier alpha value is -2.23. The van der Waals surface area contributed by atoms with Gasteiger partial charge in [-0.05, 0) is 0 Å². The summed E-state index contributed by atoms with van der Waals surface area (Å²) in [5.41, 5.74) is -1.47. The first kappa shape index (κ1) is 12.8. The number of carbonyl (C=O) groups is 1. The highest BCUT2D eigenvalue weighted by atomic mass is 19.3. The van der Waals surface area contributed by atoms with Crippen LogP contribution >= 0.6 is 0 Å². The van der Waals surface area contributed by atoms with E-state index in [1.807, 2.05) is 0 Å². The molecule has 17 heavy (non-hydrogen) atoms. The molecule has 0 atom stereocenters. The molecule has 1 aromatic heterocycles. The van der Waals surface area contributed by atoms with Gasteiger partial charge in [0.15, 0.2) is 5.69 Å². The maximum Gasteiger partial charge on any atom is 0.357 e. The van der Waals surface area contributed by atoms with E-state index in [0.717, 1.165) is 20.4 Å². The van der Waals surface area contributed by atoms with Crippen molar-refractivity contribution in [2.45, 2.75) is 6.43 Å². The van der Waals surface area contributed by atoms with Gasteiger partial charge in [-0.1, -0.05) is 0 Å². The lowest BCUT2D eigenvalue weighted by atomic mass is 10.1. The third-order valence-corrected chi connectivity index (χ3v) is 1.99. The van der Waals surface area contributed by atoms with Crippen LogP contribution in [0, 0.1) is 11.3 Å². The van der Waals surface area contributed by atoms with E-state index in [9.17, 15) is 13.6 Å². The van der Waals surface area contributed by atoms with Crippen molar-refractivity contribution >= 4 is 5.97 Å². The number of hydrogen-bond acceptors (Lipinski definition) is 5. The van der Waals surface area contributed by atoms with E-state index in [1.165, 1.54) is 0 Å². The second-order valence-corrected chi connectivity index (χ2v) is 2.87. The smallest absolute Gasteiger partial charge is 0.357 e. The van der Waals surface area contributed by atoms with Crippen LogP contribution in [0.2, 0.25) is 0 Å². The number of pyridine rings is 1. The van der Waals surface area contributed by atoms with E-state index in [-0.39, 0.29) is 11.3 Å². The molecular weight excluding hydrogens is 234 g/mol. The Morgan fingerprint density at radius 2 is 2.18 bits per heavy atom. The van der Waals surface area contributed by atoms with Crippen LogP contribution in [-0.4, -0.2) is 25.2 Å². The number of esters is 1. The highest BCUT2D eigenvalue weighted by molar-refractivity contribution is 5.90. The topological polar surface area (TPSA) is 72.2 Å². The summed E-state index contributed by atoms with van der Waals surface area (Å²) in [5, 5.41) is 8.71. The number of halogens is 2. The quantitative estimate of drug-likeness (QED) is 0.754. The van der Waals surface area contributed by atoms with Crippen molar-refractivity contribution in [2.75, 3.05) is 14.2 Å². The molecule has 0 saturated heterocycles. The van der Waals surface area contributed by atoms with E-state index in [4.69, 9.17) is 10.00 Å². The molecule has 0 aromatic carbocycles. The summed E-state index contributed by atoms with van der Waals surface area (Å²) in [6.07, 6.45) is -2.02. The number of rotatable bonds is 3. The maximum atomic E-state index is 12.9. The lowest BCUT2D eigenvalue weighted by molar-refractivity contribution is 0.0580. The molecular formula is C10H8F2N2O3. The van der Waals surface area contributed by atoms with Crippen LogP contribution < -0.4 is 4.74 Å². The summed E-state index contributed by atoms with van der Waals surface area (Å²) in [6, 6.07) is 1.65. The molecule has 0 aliphatic carbocycles. The van der Waals surface area contributed by atoms with Crippen molar-refractivity contribution in [1.29, 1.82) is 5.26 Å². The van der Waals surface area contributed by atoms with Gasteiger partial charge >= 0.3 is 5.97 Å². The van der Waals surface area contributed by atoms with E-state index in [2.05, 4.69) is 9.72 Å². The molecule has 0 fully saturated rings. The van der Waals surface area contributed by atoms with Crippen LogP contribution in [0.3, 0.4) is 0 Å². The molecule has 90 valence electrons. The molecule has 0 spiro atoms. The van der Waals surface area contributed by atoms with Crippen molar-refractivity contribution in [2.24, 2.45) is 0 Å². The second-order valence-electron chi connectivity index (χ2n) is 2.87. The molecule has 1 heterocycles. The Balaban J connectivity index is 3.54. The number of alkyl halides is 2. The summed E-state index contributed by atoms with van der Waals surface area (Å²) < 4.78 is 34.7. The van der Waals surface area contributed by atoms with Crippen LogP contribution in [0.4, 0.5) is 8.78 Å². The lowest BCUT2D eigenvalue weighted by Gasteiger charge is -2.12. The third kappa shape index (κ3) is 2.30. The molecule has 0 unspecified atom stereocenters. The Morgan fingerprint density at radius 1 is 1.53 bits per heavy atom. The monoisotopic (exact) mass is 242 g/mol. The predicted molar refractivity (Wildman–Crippen MR) is 51.8 cm³/mol. The van der Waals surface area contributed by atoms with Gasteiger partial charge in [-0.15, -0.1) is 0 Å². The van der Waals surface area contributed by atoms with Gasteiger partial charge in [-0.3, -0.25) is 0 Å². The van der Waals surface area contributed by atoms with Crippen LogP contribution in [-0.2, 0) is 4.74 Å². The fourth-order valence-electron chi connectivity index (χ4n) is 1.27. The number of ether oxygens (including phenoxy) is 2. The molecule has 0 saturated carbocycles. The lowest BCUT2D eigenvalue weighted by Crippen LogP contribution is -2.11. The van der Waals surface area contributed by atoms with Crippen LogP contribution in [0.1, 0.15) is 28.0 Å². The number of hydrogen-bond donors (Lipinski definition) is 0. The Bertz CT molecular complexity index is 483. The largest absolute Gasteiger partial charge is 0.495 e. The molecule has 0 amide bonds. The first-order valence-corrected chi connectivity index (χ1v) is 4.40. The zero-order valence-electron chi connectivity index (χ0n) is 9.03. The molecule has 0 aliphatic heterocycles. The van der Waals surface area contributed by atoms with Gasteiger partial charge in [-0.2, -0.15) is 5.26 Å². The first-order chi connectivity index (χ1) is 8.06. The van der Waals surface area contributed by atoms with E-state index < -0.39 is 23.7 Å². The summed E-state index contributed by atoms with van der Waals surface area (Å²) >= 11 is 0. The van der Waals surface area contributed by atoms with Gasteiger partial charge in [0.25, 0.3) is 6.43 Å². The summed E-state index contributed by atoms with van der Waals surface area (Å²) in [6.45, 7) is 0. The van der Waals surface area contributed by atoms with Crippen molar-refractivity contribution in [3.63, 3.8) is 0 Å². The summed E-state index contributed by atoms with van der Waals surface area (Å²) in [4.78, 5) is 14.7. The number of carbonyl (C=O) groups excluding carboxylic acids is 1. The van der Waals surface area contributed by atoms with Crippen molar-refractivity contribution in [3.05, 3.63) is 23.0 Å². The van der Waals surface area contributed by atoms with E-state index in [1.54, 1.807) is 6.07 Å². The minimum atomic E-state index is -3.00. The fourth-order valence-corrected chi connectivity index (χ4v) is 1.27. The van der Waals surface area contributed by atoms with Crippen LogP contribution in [0.5, 0.6) is 5.75 Å². The molecule has 1 aromatic rings. The Kier molecular flexibility index (Phi) is 3.93. The van der Waals surface area contributed by atoms with Crippen molar-refractivity contribution in [1.82, 2.24) is 4.98 Å². The van der Waals surface area contributed by atoms with Crippen molar-refractivity contribution < 1.29 is 23.0 Å².